The molecule has 0 saturated heterocycles. The van der Waals surface area contributed by atoms with E-state index < -0.39 is 0 Å². The first-order chi connectivity index (χ1) is 8.78. The van der Waals surface area contributed by atoms with E-state index >= 15 is 0 Å². The first-order valence-corrected chi connectivity index (χ1v) is 6.73. The summed E-state index contributed by atoms with van der Waals surface area (Å²) in [4.78, 5) is 5.73. The highest BCUT2D eigenvalue weighted by atomic mass is 32.1. The molecule has 0 aliphatic rings. The number of hydrogen-bond acceptors (Lipinski definition) is 3. The van der Waals surface area contributed by atoms with Gasteiger partial charge in [0.05, 0.1) is 17.2 Å². The van der Waals surface area contributed by atoms with Crippen LogP contribution in [0.25, 0.3) is 20.7 Å². The van der Waals surface area contributed by atoms with Crippen LogP contribution in [0.4, 0.5) is 0 Å². The maximum Gasteiger partial charge on any atom is 0.106 e. The molecule has 0 atom stereocenters. The number of thiophene rings is 1. The van der Waals surface area contributed by atoms with Gasteiger partial charge in [0.15, 0.2) is 0 Å². The number of imidazole rings is 1. The molecule has 1 aromatic carbocycles. The minimum absolute atomic E-state index is 0.142. The molecule has 0 unspecified atom stereocenters. The van der Waals surface area contributed by atoms with Crippen LogP contribution in [0.5, 0.6) is 0 Å². The topological polar surface area (TPSA) is 38.0 Å². The van der Waals surface area contributed by atoms with Gasteiger partial charge in [0.25, 0.3) is 0 Å². The second-order valence-electron chi connectivity index (χ2n) is 4.24. The predicted molar refractivity (Wildman–Crippen MR) is 74.9 cm³/mol. The summed E-state index contributed by atoms with van der Waals surface area (Å²) in [6, 6.07) is 10.5. The van der Waals surface area contributed by atoms with Crippen molar-refractivity contribution in [2.45, 2.75) is 13.5 Å². The van der Waals surface area contributed by atoms with Gasteiger partial charge in [-0.1, -0.05) is 18.2 Å². The Labute approximate surface area is 109 Å². The van der Waals surface area contributed by atoms with Gasteiger partial charge < -0.3 is 9.67 Å². The van der Waals surface area contributed by atoms with Crippen LogP contribution in [0.15, 0.2) is 36.5 Å². The third kappa shape index (κ3) is 1.94. The second kappa shape index (κ2) is 4.55. The molecule has 92 valence electrons. The molecule has 3 rings (SSSR count). The van der Waals surface area contributed by atoms with E-state index in [1.807, 2.05) is 17.7 Å². The minimum Gasteiger partial charge on any atom is -0.395 e. The van der Waals surface area contributed by atoms with Crippen LogP contribution < -0.4 is 0 Å². The fourth-order valence-electron chi connectivity index (χ4n) is 2.07. The van der Waals surface area contributed by atoms with E-state index in [-0.39, 0.29) is 6.61 Å². The molecule has 0 amide bonds. The van der Waals surface area contributed by atoms with Crippen molar-refractivity contribution in [1.82, 2.24) is 9.55 Å². The summed E-state index contributed by atoms with van der Waals surface area (Å²) in [6.45, 7) is 2.71. The lowest BCUT2D eigenvalue weighted by atomic mass is 10.2. The molecule has 0 fully saturated rings. The zero-order chi connectivity index (χ0) is 12.5. The Morgan fingerprint density at radius 2 is 2.17 bits per heavy atom. The van der Waals surface area contributed by atoms with E-state index in [4.69, 9.17) is 5.11 Å². The van der Waals surface area contributed by atoms with Crippen molar-refractivity contribution in [1.29, 1.82) is 0 Å². The van der Waals surface area contributed by atoms with Crippen molar-refractivity contribution in [2.24, 2.45) is 0 Å². The Morgan fingerprint density at radius 1 is 1.33 bits per heavy atom. The summed E-state index contributed by atoms with van der Waals surface area (Å²) in [5, 5.41) is 10.2. The fraction of sp³-hybridized carbons (Fsp3) is 0.214. The molecule has 2 aromatic heterocycles. The monoisotopic (exact) mass is 258 g/mol. The van der Waals surface area contributed by atoms with Crippen LogP contribution in [-0.4, -0.2) is 21.3 Å². The zero-order valence-corrected chi connectivity index (χ0v) is 10.9. The number of aliphatic hydroxyl groups excluding tert-OH is 1. The van der Waals surface area contributed by atoms with Crippen LogP contribution in [-0.2, 0) is 6.54 Å². The van der Waals surface area contributed by atoms with Crippen molar-refractivity contribution in [3.05, 3.63) is 42.4 Å². The summed E-state index contributed by atoms with van der Waals surface area (Å²) in [7, 11) is 0. The first-order valence-electron chi connectivity index (χ1n) is 5.91. The van der Waals surface area contributed by atoms with Crippen molar-refractivity contribution in [2.75, 3.05) is 6.61 Å². The summed E-state index contributed by atoms with van der Waals surface area (Å²) in [6.07, 6.45) is 2.01. The highest BCUT2D eigenvalue weighted by Gasteiger charge is 2.09. The van der Waals surface area contributed by atoms with E-state index in [1.54, 1.807) is 11.3 Å². The van der Waals surface area contributed by atoms with E-state index in [1.165, 1.54) is 15.0 Å². The SMILES string of the molecule is Cc1nc(-c2cc3ccccc3s2)cn1CCO. The molecule has 4 heteroatoms. The van der Waals surface area contributed by atoms with Crippen LogP contribution in [0.2, 0.25) is 0 Å². The molecule has 1 N–H and O–H groups in total. The van der Waals surface area contributed by atoms with Gasteiger partial charge in [-0.15, -0.1) is 11.3 Å². The van der Waals surface area contributed by atoms with E-state index in [0.717, 1.165) is 11.5 Å². The smallest absolute Gasteiger partial charge is 0.106 e. The van der Waals surface area contributed by atoms with Crippen molar-refractivity contribution in [3.63, 3.8) is 0 Å². The molecule has 18 heavy (non-hydrogen) atoms. The summed E-state index contributed by atoms with van der Waals surface area (Å²) < 4.78 is 3.27. The van der Waals surface area contributed by atoms with Crippen LogP contribution in [0.1, 0.15) is 5.82 Å². The molecular formula is C14H14N2OS. The number of nitrogens with zero attached hydrogens (tertiary/aromatic N) is 2. The van der Waals surface area contributed by atoms with Gasteiger partial charge in [-0.25, -0.2) is 4.98 Å². The summed E-state index contributed by atoms with van der Waals surface area (Å²) in [5.41, 5.74) is 0.988. The van der Waals surface area contributed by atoms with Crippen LogP contribution in [0.3, 0.4) is 0 Å². The molecule has 0 saturated carbocycles. The maximum absolute atomic E-state index is 8.99. The standard InChI is InChI=1S/C14H14N2OS/c1-10-15-12(9-16(10)6-7-17)14-8-11-4-2-3-5-13(11)18-14/h2-5,8-9,17H,6-7H2,1H3. The van der Waals surface area contributed by atoms with E-state index in [0.29, 0.717) is 6.54 Å². The van der Waals surface area contributed by atoms with E-state index in [9.17, 15) is 0 Å². The lowest BCUT2D eigenvalue weighted by Crippen LogP contribution is -2.02. The van der Waals surface area contributed by atoms with Gasteiger partial charge in [0.1, 0.15) is 5.82 Å². The molecule has 3 aromatic rings. The van der Waals surface area contributed by atoms with Crippen LogP contribution in [0, 0.1) is 6.92 Å². The van der Waals surface area contributed by atoms with Gasteiger partial charge in [0.2, 0.25) is 0 Å². The number of aryl methyl sites for hydroxylation is 1. The van der Waals surface area contributed by atoms with Crippen molar-refractivity contribution < 1.29 is 5.11 Å². The molecule has 0 aliphatic carbocycles. The molecule has 0 spiro atoms. The largest absolute Gasteiger partial charge is 0.395 e. The molecule has 3 nitrogen and oxygen atoms in total. The number of fused-ring (bicyclic) bond motifs is 1. The van der Waals surface area contributed by atoms with Gasteiger partial charge in [-0.05, 0) is 24.4 Å². The highest BCUT2D eigenvalue weighted by Crippen LogP contribution is 2.32. The Hall–Kier alpha value is -1.65. The van der Waals surface area contributed by atoms with Crippen molar-refractivity contribution in [3.8, 4) is 10.6 Å². The molecule has 0 aliphatic heterocycles. The van der Waals surface area contributed by atoms with Gasteiger partial charge in [-0.2, -0.15) is 0 Å². The highest BCUT2D eigenvalue weighted by molar-refractivity contribution is 7.22. The third-order valence-corrected chi connectivity index (χ3v) is 4.13. The number of hydrogen-bond donors (Lipinski definition) is 1. The average Bonchev–Trinajstić information content (AvgIpc) is 2.94. The van der Waals surface area contributed by atoms with Gasteiger partial charge >= 0.3 is 0 Å². The predicted octanol–water partition coefficient (Wildman–Crippen LogP) is 3.07. The Kier molecular flexibility index (Phi) is 2.89. The lowest BCUT2D eigenvalue weighted by Gasteiger charge is -1.98. The second-order valence-corrected chi connectivity index (χ2v) is 5.32. The lowest BCUT2D eigenvalue weighted by molar-refractivity contribution is 0.275. The quantitative estimate of drug-likeness (QED) is 0.784. The van der Waals surface area contributed by atoms with Gasteiger partial charge in [-0.3, -0.25) is 0 Å². The zero-order valence-electron chi connectivity index (χ0n) is 10.1. The first kappa shape index (κ1) is 11.4. The molecule has 0 radical (unpaired) electrons. The van der Waals surface area contributed by atoms with Gasteiger partial charge in [0, 0.05) is 17.4 Å². The fourth-order valence-corrected chi connectivity index (χ4v) is 3.09. The summed E-state index contributed by atoms with van der Waals surface area (Å²) in [5.74, 6) is 0.941. The van der Waals surface area contributed by atoms with Crippen molar-refractivity contribution >= 4 is 21.4 Å². The Balaban J connectivity index is 2.05. The number of rotatable bonds is 3. The Bertz CT molecular complexity index is 651. The van der Waals surface area contributed by atoms with E-state index in [2.05, 4.69) is 35.3 Å². The maximum atomic E-state index is 8.99. The average molecular weight is 258 g/mol. The number of benzene rings is 1. The number of aliphatic hydroxyl groups is 1. The molecular weight excluding hydrogens is 244 g/mol. The Morgan fingerprint density at radius 3 is 2.94 bits per heavy atom. The normalized spacial score (nSPS) is 11.2. The summed E-state index contributed by atoms with van der Waals surface area (Å²) >= 11 is 1.75. The minimum atomic E-state index is 0.142. The van der Waals surface area contributed by atoms with Crippen LogP contribution >= 0.6 is 11.3 Å². The third-order valence-electron chi connectivity index (χ3n) is 2.99. The molecule has 0 bridgehead atoms. The molecule has 2 heterocycles. The number of aromatic nitrogens is 2.